The number of β-amino-alcohol motifs (C(OH)–C–C–N with tert-alkyl or cyclic N) is 1. The van der Waals surface area contributed by atoms with Crippen molar-refractivity contribution in [3.63, 3.8) is 0 Å². The number of carbonyl (C=O) groups is 1. The van der Waals surface area contributed by atoms with Gasteiger partial charge in [-0.3, -0.25) is 4.79 Å². The van der Waals surface area contributed by atoms with Crippen LogP contribution in [0.1, 0.15) is 29.1 Å². The van der Waals surface area contributed by atoms with Crippen molar-refractivity contribution in [2.24, 2.45) is 5.92 Å². The Labute approximate surface area is 99.7 Å². The number of aliphatic hydroxyl groups is 1. The topological polar surface area (TPSA) is 40.5 Å². The van der Waals surface area contributed by atoms with Gasteiger partial charge < -0.3 is 10.0 Å². The Balaban J connectivity index is 2.04. The van der Waals surface area contributed by atoms with Gasteiger partial charge in [-0.25, -0.2) is 0 Å². The number of hydrogen-bond donors (Lipinski definition) is 1. The van der Waals surface area contributed by atoms with Gasteiger partial charge in [0, 0.05) is 0 Å². The number of carbonyl (C=O) groups excluding carboxylic acids is 1. The molecule has 0 spiro atoms. The zero-order valence-corrected chi connectivity index (χ0v) is 10.7. The van der Waals surface area contributed by atoms with Gasteiger partial charge in [-0.1, -0.05) is 13.8 Å². The molecular formula is C12H17NO2S. The Hall–Kier alpha value is -0.870. The van der Waals surface area contributed by atoms with Gasteiger partial charge in [0.25, 0.3) is 5.91 Å². The highest BCUT2D eigenvalue weighted by Crippen LogP contribution is 2.31. The lowest BCUT2D eigenvalue weighted by molar-refractivity contribution is -0.110. The van der Waals surface area contributed by atoms with E-state index in [2.05, 4.69) is 0 Å². The molecule has 88 valence electrons. The standard InChI is InChI=1S/C12H17NO2S/c1-8(2)12(15)6-13(7-12)11(14)10-9(3)4-5-16-10/h4-5,8,15H,6-7H2,1-3H3. The largest absolute Gasteiger partial charge is 0.386 e. The fraction of sp³-hybridized carbons (Fsp3) is 0.583. The number of thiophene rings is 1. The fourth-order valence-electron chi connectivity index (χ4n) is 1.86. The molecule has 3 nitrogen and oxygen atoms in total. The maximum absolute atomic E-state index is 12.0. The number of hydrogen-bond acceptors (Lipinski definition) is 3. The molecule has 0 aliphatic carbocycles. The number of likely N-dealkylation sites (tertiary alicyclic amines) is 1. The molecule has 1 aliphatic heterocycles. The van der Waals surface area contributed by atoms with Crippen molar-refractivity contribution in [1.29, 1.82) is 0 Å². The van der Waals surface area contributed by atoms with Crippen LogP contribution in [0.15, 0.2) is 11.4 Å². The Bertz CT molecular complexity index is 405. The van der Waals surface area contributed by atoms with Crippen LogP contribution >= 0.6 is 11.3 Å². The van der Waals surface area contributed by atoms with Gasteiger partial charge in [-0.2, -0.15) is 0 Å². The van der Waals surface area contributed by atoms with Gasteiger partial charge in [-0.15, -0.1) is 11.3 Å². The lowest BCUT2D eigenvalue weighted by Crippen LogP contribution is -2.65. The minimum absolute atomic E-state index is 0.0535. The van der Waals surface area contributed by atoms with Crippen LogP contribution in [0.5, 0.6) is 0 Å². The molecule has 4 heteroatoms. The van der Waals surface area contributed by atoms with Crippen molar-refractivity contribution in [1.82, 2.24) is 4.90 Å². The van der Waals surface area contributed by atoms with E-state index >= 15 is 0 Å². The molecule has 1 aromatic heterocycles. The van der Waals surface area contributed by atoms with Crippen molar-refractivity contribution >= 4 is 17.2 Å². The van der Waals surface area contributed by atoms with Crippen LogP contribution in [-0.2, 0) is 0 Å². The lowest BCUT2D eigenvalue weighted by Gasteiger charge is -2.48. The van der Waals surface area contributed by atoms with Gasteiger partial charge in [0.15, 0.2) is 0 Å². The zero-order chi connectivity index (χ0) is 11.9. The van der Waals surface area contributed by atoms with Crippen molar-refractivity contribution in [2.75, 3.05) is 13.1 Å². The fourth-order valence-corrected chi connectivity index (χ4v) is 2.75. The maximum atomic E-state index is 12.0. The number of rotatable bonds is 2. The van der Waals surface area contributed by atoms with Gasteiger partial charge in [-0.05, 0) is 29.9 Å². The van der Waals surface area contributed by atoms with E-state index < -0.39 is 5.60 Å². The molecule has 0 radical (unpaired) electrons. The number of nitrogens with zero attached hydrogens (tertiary/aromatic N) is 1. The van der Waals surface area contributed by atoms with Crippen LogP contribution in [0.4, 0.5) is 0 Å². The summed E-state index contributed by atoms with van der Waals surface area (Å²) in [4.78, 5) is 14.6. The van der Waals surface area contributed by atoms with E-state index in [1.54, 1.807) is 4.90 Å². The molecule has 0 saturated carbocycles. The van der Waals surface area contributed by atoms with Crippen LogP contribution in [0.2, 0.25) is 0 Å². The molecule has 16 heavy (non-hydrogen) atoms. The Morgan fingerprint density at radius 1 is 1.56 bits per heavy atom. The van der Waals surface area contributed by atoms with Crippen LogP contribution in [0.25, 0.3) is 0 Å². The maximum Gasteiger partial charge on any atom is 0.264 e. The Kier molecular flexibility index (Phi) is 2.80. The summed E-state index contributed by atoms with van der Waals surface area (Å²) in [5.74, 6) is 0.249. The van der Waals surface area contributed by atoms with Crippen LogP contribution in [0.3, 0.4) is 0 Å². The molecule has 0 unspecified atom stereocenters. The summed E-state index contributed by atoms with van der Waals surface area (Å²) in [5, 5.41) is 12.0. The van der Waals surface area contributed by atoms with Gasteiger partial charge in [0.1, 0.15) is 5.60 Å². The first kappa shape index (κ1) is 11.6. The molecular weight excluding hydrogens is 222 g/mol. The van der Waals surface area contributed by atoms with E-state index in [1.807, 2.05) is 32.2 Å². The Morgan fingerprint density at radius 2 is 2.19 bits per heavy atom. The normalized spacial score (nSPS) is 18.7. The molecule has 2 heterocycles. The summed E-state index contributed by atoms with van der Waals surface area (Å²) in [6.45, 7) is 6.83. The van der Waals surface area contributed by atoms with Crippen molar-refractivity contribution in [3.05, 3.63) is 21.9 Å². The lowest BCUT2D eigenvalue weighted by atomic mass is 9.83. The van der Waals surface area contributed by atoms with Crippen molar-refractivity contribution in [2.45, 2.75) is 26.4 Å². The molecule has 1 aliphatic rings. The molecule has 1 fully saturated rings. The summed E-state index contributed by atoms with van der Waals surface area (Å²) in [7, 11) is 0. The molecule has 1 amide bonds. The van der Waals surface area contributed by atoms with E-state index in [0.29, 0.717) is 13.1 Å². The molecule has 2 rings (SSSR count). The molecule has 1 N–H and O–H groups in total. The molecule has 0 atom stereocenters. The van der Waals surface area contributed by atoms with Crippen LogP contribution < -0.4 is 0 Å². The Morgan fingerprint density at radius 3 is 2.62 bits per heavy atom. The zero-order valence-electron chi connectivity index (χ0n) is 9.86. The first-order chi connectivity index (χ1) is 7.44. The highest BCUT2D eigenvalue weighted by molar-refractivity contribution is 7.12. The third kappa shape index (κ3) is 1.76. The number of amides is 1. The quantitative estimate of drug-likeness (QED) is 0.856. The smallest absolute Gasteiger partial charge is 0.264 e. The second-order valence-electron chi connectivity index (χ2n) is 4.85. The average molecular weight is 239 g/mol. The third-order valence-electron chi connectivity index (χ3n) is 3.35. The van der Waals surface area contributed by atoms with Crippen molar-refractivity contribution < 1.29 is 9.90 Å². The van der Waals surface area contributed by atoms with E-state index in [9.17, 15) is 9.90 Å². The third-order valence-corrected chi connectivity index (χ3v) is 4.35. The summed E-state index contributed by atoms with van der Waals surface area (Å²) in [6.07, 6.45) is 0. The minimum atomic E-state index is -0.680. The SMILES string of the molecule is Cc1ccsc1C(=O)N1CC(O)(C(C)C)C1. The van der Waals surface area contributed by atoms with Crippen LogP contribution in [0, 0.1) is 12.8 Å². The first-order valence-corrected chi connectivity index (χ1v) is 6.38. The van der Waals surface area contributed by atoms with Gasteiger partial charge in [0.05, 0.1) is 18.0 Å². The molecule has 1 aromatic rings. The summed E-state index contributed by atoms with van der Waals surface area (Å²) < 4.78 is 0. The second-order valence-corrected chi connectivity index (χ2v) is 5.77. The minimum Gasteiger partial charge on any atom is -0.386 e. The van der Waals surface area contributed by atoms with Gasteiger partial charge >= 0.3 is 0 Å². The van der Waals surface area contributed by atoms with E-state index in [1.165, 1.54) is 11.3 Å². The monoisotopic (exact) mass is 239 g/mol. The summed E-state index contributed by atoms with van der Waals surface area (Å²) >= 11 is 1.47. The van der Waals surface area contributed by atoms with E-state index in [-0.39, 0.29) is 11.8 Å². The second kappa shape index (κ2) is 3.86. The molecule has 0 aromatic carbocycles. The summed E-state index contributed by atoms with van der Waals surface area (Å²) in [5.41, 5.74) is 0.343. The highest BCUT2D eigenvalue weighted by Gasteiger charge is 2.46. The molecule has 0 bridgehead atoms. The van der Waals surface area contributed by atoms with E-state index in [0.717, 1.165) is 10.4 Å². The summed E-state index contributed by atoms with van der Waals surface area (Å²) in [6, 6.07) is 1.95. The first-order valence-electron chi connectivity index (χ1n) is 5.50. The van der Waals surface area contributed by atoms with E-state index in [4.69, 9.17) is 0 Å². The predicted octanol–water partition coefficient (Wildman–Crippen LogP) is 1.90. The molecule has 1 saturated heterocycles. The van der Waals surface area contributed by atoms with Crippen LogP contribution in [-0.4, -0.2) is 34.6 Å². The predicted molar refractivity (Wildman–Crippen MR) is 64.7 cm³/mol. The van der Waals surface area contributed by atoms with Crippen molar-refractivity contribution in [3.8, 4) is 0 Å². The van der Waals surface area contributed by atoms with Gasteiger partial charge in [0.2, 0.25) is 0 Å². The number of aryl methyl sites for hydroxylation is 1. The highest BCUT2D eigenvalue weighted by atomic mass is 32.1. The average Bonchev–Trinajstić information content (AvgIpc) is 2.58.